The van der Waals surface area contributed by atoms with Gasteiger partial charge in [0.15, 0.2) is 0 Å². The fourth-order valence-corrected chi connectivity index (χ4v) is 3.28. The van der Waals surface area contributed by atoms with Crippen molar-refractivity contribution in [3.8, 4) is 0 Å². The lowest BCUT2D eigenvalue weighted by Crippen LogP contribution is -2.30. The molecule has 1 aliphatic carbocycles. The van der Waals surface area contributed by atoms with Gasteiger partial charge < -0.3 is 10.4 Å². The predicted molar refractivity (Wildman–Crippen MR) is 82.7 cm³/mol. The third-order valence-electron chi connectivity index (χ3n) is 4.21. The summed E-state index contributed by atoms with van der Waals surface area (Å²) in [4.78, 5) is 11.3. The molecule has 2 rings (SSSR count). The summed E-state index contributed by atoms with van der Waals surface area (Å²) in [5.41, 5.74) is 0.936. The van der Waals surface area contributed by atoms with Gasteiger partial charge in [-0.2, -0.15) is 0 Å². The Morgan fingerprint density at radius 3 is 2.70 bits per heavy atom. The molecule has 2 N–H and O–H groups in total. The Balaban J connectivity index is 2.16. The highest BCUT2D eigenvalue weighted by molar-refractivity contribution is 6.31. The number of carboxylic acid groups (broad SMARTS) is 1. The first-order chi connectivity index (χ1) is 9.61. The Bertz CT molecular complexity index is 470. The summed E-state index contributed by atoms with van der Waals surface area (Å²) in [7, 11) is 0. The van der Waals surface area contributed by atoms with Gasteiger partial charge in [-0.05, 0) is 43.4 Å². The molecule has 0 aromatic heterocycles. The molecule has 1 aliphatic rings. The number of anilines is 1. The molecule has 1 aromatic rings. The van der Waals surface area contributed by atoms with Crippen LogP contribution in [0.25, 0.3) is 0 Å². The summed E-state index contributed by atoms with van der Waals surface area (Å²) in [6.07, 6.45) is 7.38. The van der Waals surface area contributed by atoms with Crippen LogP contribution >= 0.6 is 11.6 Å². The highest BCUT2D eigenvalue weighted by Gasteiger charge is 2.23. The maximum atomic E-state index is 11.3. The van der Waals surface area contributed by atoms with E-state index in [4.69, 9.17) is 11.6 Å². The number of aromatic carboxylic acids is 1. The molecule has 1 atom stereocenters. The first kappa shape index (κ1) is 15.2. The summed E-state index contributed by atoms with van der Waals surface area (Å²) in [6, 6.07) is 5.37. The Kier molecular flexibility index (Phi) is 5.30. The van der Waals surface area contributed by atoms with Gasteiger partial charge in [0, 0.05) is 16.8 Å². The second-order valence-corrected chi connectivity index (χ2v) is 5.99. The molecule has 0 amide bonds. The van der Waals surface area contributed by atoms with Crippen LogP contribution < -0.4 is 5.32 Å². The van der Waals surface area contributed by atoms with Gasteiger partial charge in [-0.25, -0.2) is 4.79 Å². The maximum absolute atomic E-state index is 11.3. The van der Waals surface area contributed by atoms with Crippen molar-refractivity contribution >= 4 is 23.3 Å². The van der Waals surface area contributed by atoms with Crippen LogP contribution in [0.5, 0.6) is 0 Å². The van der Waals surface area contributed by atoms with Crippen molar-refractivity contribution in [1.82, 2.24) is 0 Å². The normalized spacial score (nSPS) is 17.7. The number of nitrogens with one attached hydrogen (secondary N) is 1. The van der Waals surface area contributed by atoms with E-state index in [1.165, 1.54) is 38.2 Å². The smallest absolute Gasteiger partial charge is 0.337 e. The van der Waals surface area contributed by atoms with Crippen molar-refractivity contribution in [3.63, 3.8) is 0 Å². The van der Waals surface area contributed by atoms with Gasteiger partial charge in [0.1, 0.15) is 0 Å². The number of rotatable bonds is 5. The molecule has 0 spiro atoms. The topological polar surface area (TPSA) is 49.3 Å². The summed E-state index contributed by atoms with van der Waals surface area (Å²) >= 11 is 5.89. The first-order valence-corrected chi connectivity index (χ1v) is 7.79. The van der Waals surface area contributed by atoms with Gasteiger partial charge in [0.05, 0.1) is 5.56 Å². The van der Waals surface area contributed by atoms with E-state index in [0.29, 0.717) is 22.7 Å². The molecular weight excluding hydrogens is 274 g/mol. The van der Waals surface area contributed by atoms with Crippen LogP contribution in [-0.4, -0.2) is 17.1 Å². The van der Waals surface area contributed by atoms with Gasteiger partial charge in [0.2, 0.25) is 0 Å². The van der Waals surface area contributed by atoms with Gasteiger partial charge in [-0.15, -0.1) is 0 Å². The molecule has 1 fully saturated rings. The summed E-state index contributed by atoms with van der Waals surface area (Å²) in [5, 5.41) is 13.2. The molecule has 20 heavy (non-hydrogen) atoms. The van der Waals surface area contributed by atoms with Crippen LogP contribution in [0.2, 0.25) is 5.02 Å². The lowest BCUT2D eigenvalue weighted by Gasteiger charge is -2.31. The molecular formula is C16H22ClNO2. The molecule has 1 saturated carbocycles. The van der Waals surface area contributed by atoms with Crippen molar-refractivity contribution in [2.24, 2.45) is 5.92 Å². The van der Waals surface area contributed by atoms with E-state index in [2.05, 4.69) is 12.2 Å². The fourth-order valence-electron chi connectivity index (χ4n) is 3.11. The molecule has 110 valence electrons. The quantitative estimate of drug-likeness (QED) is 0.819. The molecule has 0 heterocycles. The van der Waals surface area contributed by atoms with Crippen molar-refractivity contribution in [2.45, 2.75) is 51.5 Å². The maximum Gasteiger partial charge on any atom is 0.337 e. The van der Waals surface area contributed by atoms with E-state index < -0.39 is 5.97 Å². The third kappa shape index (κ3) is 3.66. The average molecular weight is 296 g/mol. The highest BCUT2D eigenvalue weighted by atomic mass is 35.5. The molecule has 0 radical (unpaired) electrons. The molecule has 3 nitrogen and oxygen atoms in total. The van der Waals surface area contributed by atoms with Crippen LogP contribution in [0.15, 0.2) is 18.2 Å². The van der Waals surface area contributed by atoms with Crippen LogP contribution in [0.4, 0.5) is 5.69 Å². The number of halogens is 1. The van der Waals surface area contributed by atoms with Crippen LogP contribution in [-0.2, 0) is 0 Å². The lowest BCUT2D eigenvalue weighted by molar-refractivity contribution is 0.0698. The Morgan fingerprint density at radius 1 is 1.40 bits per heavy atom. The van der Waals surface area contributed by atoms with E-state index in [1.807, 2.05) is 0 Å². The largest absolute Gasteiger partial charge is 0.478 e. The first-order valence-electron chi connectivity index (χ1n) is 7.41. The lowest BCUT2D eigenvalue weighted by atomic mass is 9.82. The zero-order valence-electron chi connectivity index (χ0n) is 11.9. The van der Waals surface area contributed by atoms with E-state index in [0.717, 1.165) is 6.42 Å². The zero-order valence-corrected chi connectivity index (χ0v) is 12.6. The van der Waals surface area contributed by atoms with Gasteiger partial charge in [-0.1, -0.05) is 37.8 Å². The SMILES string of the molecule is CCC(Nc1ccc(Cl)cc1C(=O)O)C1CCCCC1. The number of carboxylic acids is 1. The van der Waals surface area contributed by atoms with E-state index in [-0.39, 0.29) is 5.56 Å². The molecule has 0 bridgehead atoms. The van der Waals surface area contributed by atoms with Crippen LogP contribution in [0.1, 0.15) is 55.8 Å². The number of hydrogen-bond acceptors (Lipinski definition) is 2. The minimum atomic E-state index is -0.937. The third-order valence-corrected chi connectivity index (χ3v) is 4.45. The number of carbonyl (C=O) groups is 1. The molecule has 0 saturated heterocycles. The van der Waals surface area contributed by atoms with E-state index >= 15 is 0 Å². The molecule has 1 unspecified atom stereocenters. The second kappa shape index (κ2) is 6.98. The van der Waals surface area contributed by atoms with Crippen LogP contribution in [0, 0.1) is 5.92 Å². The second-order valence-electron chi connectivity index (χ2n) is 5.55. The minimum Gasteiger partial charge on any atom is -0.478 e. The van der Waals surface area contributed by atoms with Crippen molar-refractivity contribution in [1.29, 1.82) is 0 Å². The molecule has 0 aliphatic heterocycles. The summed E-state index contributed by atoms with van der Waals surface area (Å²) in [6.45, 7) is 2.16. The zero-order chi connectivity index (χ0) is 14.5. The monoisotopic (exact) mass is 295 g/mol. The molecule has 1 aromatic carbocycles. The summed E-state index contributed by atoms with van der Waals surface area (Å²) < 4.78 is 0. The van der Waals surface area contributed by atoms with E-state index in [1.54, 1.807) is 12.1 Å². The van der Waals surface area contributed by atoms with E-state index in [9.17, 15) is 9.90 Å². The van der Waals surface area contributed by atoms with Crippen molar-refractivity contribution in [2.75, 3.05) is 5.32 Å². The van der Waals surface area contributed by atoms with Gasteiger partial charge >= 0.3 is 5.97 Å². The Labute approximate surface area is 125 Å². The van der Waals surface area contributed by atoms with Crippen LogP contribution in [0.3, 0.4) is 0 Å². The van der Waals surface area contributed by atoms with Crippen molar-refractivity contribution in [3.05, 3.63) is 28.8 Å². The predicted octanol–water partition coefficient (Wildman–Crippen LogP) is 4.81. The fraction of sp³-hybridized carbons (Fsp3) is 0.562. The van der Waals surface area contributed by atoms with Gasteiger partial charge in [-0.3, -0.25) is 0 Å². The van der Waals surface area contributed by atoms with Gasteiger partial charge in [0.25, 0.3) is 0 Å². The Hall–Kier alpha value is -1.22. The van der Waals surface area contributed by atoms with Crippen molar-refractivity contribution < 1.29 is 9.90 Å². The standard InChI is InChI=1S/C16H22ClNO2/c1-2-14(11-6-4-3-5-7-11)18-15-9-8-12(17)10-13(15)16(19)20/h8-11,14,18H,2-7H2,1H3,(H,19,20). The number of benzene rings is 1. The number of hydrogen-bond donors (Lipinski definition) is 2. The average Bonchev–Trinajstić information content (AvgIpc) is 2.46. The summed E-state index contributed by atoms with van der Waals surface area (Å²) in [5.74, 6) is -0.292. The molecule has 4 heteroatoms. The minimum absolute atomic E-state index is 0.256. The highest BCUT2D eigenvalue weighted by Crippen LogP contribution is 2.31. The Morgan fingerprint density at radius 2 is 2.10 bits per heavy atom.